The van der Waals surface area contributed by atoms with Gasteiger partial charge in [-0.3, -0.25) is 0 Å². The van der Waals surface area contributed by atoms with Crippen LogP contribution in [0.15, 0.2) is 4.52 Å². The van der Waals surface area contributed by atoms with Crippen molar-refractivity contribution in [2.45, 2.75) is 64.5 Å². The molecule has 19 heavy (non-hydrogen) atoms. The standard InChI is InChI=1S/C14H25N3O2/c1-3-12(18-4-2)14-16-13(19-17-14)9-10-7-5-6-8-11(10)15/h10-12H,3-9,15H2,1-2H3. The van der Waals surface area contributed by atoms with E-state index in [0.29, 0.717) is 24.2 Å². The third-order valence-electron chi connectivity index (χ3n) is 3.92. The van der Waals surface area contributed by atoms with Crippen molar-refractivity contribution in [3.8, 4) is 0 Å². The lowest BCUT2D eigenvalue weighted by atomic mass is 9.83. The fraction of sp³-hybridized carbons (Fsp3) is 0.857. The topological polar surface area (TPSA) is 74.2 Å². The van der Waals surface area contributed by atoms with E-state index in [1.54, 1.807) is 0 Å². The summed E-state index contributed by atoms with van der Waals surface area (Å²) in [7, 11) is 0. The molecule has 1 saturated carbocycles. The SMILES string of the molecule is CCOC(CC)c1noc(CC2CCCCC2N)n1. The molecular formula is C14H25N3O2. The van der Waals surface area contributed by atoms with Crippen molar-refractivity contribution in [2.75, 3.05) is 6.61 Å². The van der Waals surface area contributed by atoms with Gasteiger partial charge in [-0.15, -0.1) is 0 Å². The highest BCUT2D eigenvalue weighted by atomic mass is 16.5. The number of hydrogen-bond acceptors (Lipinski definition) is 5. The molecule has 0 bridgehead atoms. The zero-order chi connectivity index (χ0) is 13.7. The minimum atomic E-state index is -0.0532. The molecule has 3 unspecified atom stereocenters. The summed E-state index contributed by atoms with van der Waals surface area (Å²) in [6.45, 7) is 4.70. The average molecular weight is 267 g/mol. The minimum Gasteiger partial charge on any atom is -0.370 e. The molecule has 5 nitrogen and oxygen atoms in total. The fourth-order valence-corrected chi connectivity index (χ4v) is 2.77. The largest absolute Gasteiger partial charge is 0.370 e. The van der Waals surface area contributed by atoms with Crippen LogP contribution in [-0.2, 0) is 11.2 Å². The van der Waals surface area contributed by atoms with Crippen LogP contribution in [0.25, 0.3) is 0 Å². The van der Waals surface area contributed by atoms with Gasteiger partial charge in [-0.2, -0.15) is 4.98 Å². The lowest BCUT2D eigenvalue weighted by molar-refractivity contribution is 0.0518. The van der Waals surface area contributed by atoms with Crippen LogP contribution in [0, 0.1) is 5.92 Å². The molecule has 0 saturated heterocycles. The van der Waals surface area contributed by atoms with Crippen LogP contribution in [0.4, 0.5) is 0 Å². The summed E-state index contributed by atoms with van der Waals surface area (Å²) in [4.78, 5) is 4.47. The van der Waals surface area contributed by atoms with Gasteiger partial charge in [0.1, 0.15) is 6.10 Å². The second-order valence-electron chi connectivity index (χ2n) is 5.31. The van der Waals surface area contributed by atoms with Crippen molar-refractivity contribution in [2.24, 2.45) is 11.7 Å². The van der Waals surface area contributed by atoms with Gasteiger partial charge < -0.3 is 15.0 Å². The van der Waals surface area contributed by atoms with Gasteiger partial charge in [0, 0.05) is 19.1 Å². The normalized spacial score (nSPS) is 25.4. The van der Waals surface area contributed by atoms with E-state index < -0.39 is 0 Å². The van der Waals surface area contributed by atoms with E-state index in [1.807, 2.05) is 6.92 Å². The molecular weight excluding hydrogens is 242 g/mol. The molecule has 108 valence electrons. The van der Waals surface area contributed by atoms with Crippen LogP contribution in [0.5, 0.6) is 0 Å². The first kappa shape index (κ1) is 14.5. The van der Waals surface area contributed by atoms with Crippen LogP contribution in [0.2, 0.25) is 0 Å². The lowest BCUT2D eigenvalue weighted by Gasteiger charge is -2.27. The Bertz CT molecular complexity index is 381. The lowest BCUT2D eigenvalue weighted by Crippen LogP contribution is -2.34. The van der Waals surface area contributed by atoms with Crippen LogP contribution >= 0.6 is 0 Å². The van der Waals surface area contributed by atoms with Crippen molar-refractivity contribution in [3.63, 3.8) is 0 Å². The number of hydrogen-bond donors (Lipinski definition) is 1. The van der Waals surface area contributed by atoms with E-state index in [-0.39, 0.29) is 12.1 Å². The smallest absolute Gasteiger partial charge is 0.227 e. The average Bonchev–Trinajstić information content (AvgIpc) is 2.87. The molecule has 0 aliphatic heterocycles. The molecule has 0 aromatic carbocycles. The van der Waals surface area contributed by atoms with Gasteiger partial charge in [0.2, 0.25) is 11.7 Å². The van der Waals surface area contributed by atoms with E-state index in [0.717, 1.165) is 19.3 Å². The summed E-state index contributed by atoms with van der Waals surface area (Å²) in [6, 6.07) is 0.276. The summed E-state index contributed by atoms with van der Waals surface area (Å²) in [5.41, 5.74) is 6.15. The molecule has 1 aromatic rings. The van der Waals surface area contributed by atoms with Crippen LogP contribution in [0.1, 0.15) is 63.8 Å². The Hall–Kier alpha value is -0.940. The van der Waals surface area contributed by atoms with Crippen LogP contribution in [0.3, 0.4) is 0 Å². The Kier molecular flexibility index (Phi) is 5.34. The molecule has 0 amide bonds. The predicted molar refractivity (Wildman–Crippen MR) is 72.6 cm³/mol. The monoisotopic (exact) mass is 267 g/mol. The Balaban J connectivity index is 1.96. The molecule has 1 aliphatic rings. The highest BCUT2D eigenvalue weighted by Crippen LogP contribution is 2.26. The third-order valence-corrected chi connectivity index (χ3v) is 3.92. The molecule has 1 heterocycles. The predicted octanol–water partition coefficient (Wildman–Crippen LogP) is 2.62. The maximum atomic E-state index is 6.15. The summed E-state index contributed by atoms with van der Waals surface area (Å²) >= 11 is 0. The Morgan fingerprint density at radius 2 is 2.16 bits per heavy atom. The van der Waals surface area contributed by atoms with Crippen molar-refractivity contribution in [1.29, 1.82) is 0 Å². The molecule has 3 atom stereocenters. The van der Waals surface area contributed by atoms with Gasteiger partial charge in [0.15, 0.2) is 0 Å². The molecule has 1 aliphatic carbocycles. The van der Waals surface area contributed by atoms with E-state index in [2.05, 4.69) is 17.1 Å². The molecule has 1 aromatic heterocycles. The number of aromatic nitrogens is 2. The Morgan fingerprint density at radius 3 is 2.84 bits per heavy atom. The highest BCUT2D eigenvalue weighted by Gasteiger charge is 2.25. The van der Waals surface area contributed by atoms with Crippen molar-refractivity contribution in [3.05, 3.63) is 11.7 Å². The first-order valence-corrected chi connectivity index (χ1v) is 7.44. The summed E-state index contributed by atoms with van der Waals surface area (Å²) in [5, 5.41) is 4.04. The summed E-state index contributed by atoms with van der Waals surface area (Å²) in [6.07, 6.45) is 6.39. The third kappa shape index (κ3) is 3.76. The van der Waals surface area contributed by atoms with E-state index >= 15 is 0 Å². The van der Waals surface area contributed by atoms with E-state index in [1.165, 1.54) is 19.3 Å². The number of rotatable bonds is 6. The van der Waals surface area contributed by atoms with Crippen molar-refractivity contribution < 1.29 is 9.26 Å². The van der Waals surface area contributed by atoms with Gasteiger partial charge in [0.25, 0.3) is 0 Å². The zero-order valence-corrected chi connectivity index (χ0v) is 12.0. The van der Waals surface area contributed by atoms with Gasteiger partial charge in [-0.05, 0) is 32.1 Å². The van der Waals surface area contributed by atoms with Crippen molar-refractivity contribution in [1.82, 2.24) is 10.1 Å². The van der Waals surface area contributed by atoms with Crippen LogP contribution < -0.4 is 5.73 Å². The number of ether oxygens (including phenoxy) is 1. The Morgan fingerprint density at radius 1 is 1.37 bits per heavy atom. The van der Waals surface area contributed by atoms with Gasteiger partial charge in [-0.25, -0.2) is 0 Å². The summed E-state index contributed by atoms with van der Waals surface area (Å²) < 4.78 is 10.9. The van der Waals surface area contributed by atoms with Crippen LogP contribution in [-0.4, -0.2) is 22.8 Å². The first-order chi connectivity index (χ1) is 9.24. The van der Waals surface area contributed by atoms with Gasteiger partial charge >= 0.3 is 0 Å². The number of nitrogens with zero attached hydrogens (tertiary/aromatic N) is 2. The van der Waals surface area contributed by atoms with E-state index in [9.17, 15) is 0 Å². The fourth-order valence-electron chi connectivity index (χ4n) is 2.77. The maximum absolute atomic E-state index is 6.15. The molecule has 0 spiro atoms. The maximum Gasteiger partial charge on any atom is 0.227 e. The molecule has 0 radical (unpaired) electrons. The number of nitrogens with two attached hydrogens (primary N) is 1. The molecule has 1 fully saturated rings. The summed E-state index contributed by atoms with van der Waals surface area (Å²) in [5.74, 6) is 1.86. The van der Waals surface area contributed by atoms with Gasteiger partial charge in [-0.1, -0.05) is 24.9 Å². The second-order valence-corrected chi connectivity index (χ2v) is 5.31. The Labute approximate surface area is 114 Å². The molecule has 5 heteroatoms. The highest BCUT2D eigenvalue weighted by molar-refractivity contribution is 4.94. The second kappa shape index (κ2) is 7.01. The van der Waals surface area contributed by atoms with Gasteiger partial charge in [0.05, 0.1) is 0 Å². The van der Waals surface area contributed by atoms with E-state index in [4.69, 9.17) is 15.0 Å². The molecule has 2 N–H and O–H groups in total. The van der Waals surface area contributed by atoms with Crippen molar-refractivity contribution >= 4 is 0 Å². The molecule has 2 rings (SSSR count). The quantitative estimate of drug-likeness (QED) is 0.857. The first-order valence-electron chi connectivity index (χ1n) is 7.44. The zero-order valence-electron chi connectivity index (χ0n) is 12.0. The minimum absolute atomic E-state index is 0.0532.